The maximum atomic E-state index is 11.6. The average molecular weight is 329 g/mol. The highest BCUT2D eigenvalue weighted by Crippen LogP contribution is 2.19. The van der Waals surface area contributed by atoms with E-state index in [1.165, 1.54) is 0 Å². The number of amides is 1. The topological polar surface area (TPSA) is 78.4 Å². The van der Waals surface area contributed by atoms with Gasteiger partial charge in [0.2, 0.25) is 5.91 Å². The number of halogens is 1. The number of nitrogens with one attached hydrogen (secondary N) is 2. The number of carboxylic acids is 1. The number of benzene rings is 1. The van der Waals surface area contributed by atoms with Crippen LogP contribution in [0.15, 0.2) is 22.7 Å². The molecular formula is C13H17BrN2O3. The number of carbonyl (C=O) groups excluding carboxylic acids is 1. The van der Waals surface area contributed by atoms with E-state index in [9.17, 15) is 9.59 Å². The predicted molar refractivity (Wildman–Crippen MR) is 77.2 cm³/mol. The van der Waals surface area contributed by atoms with Gasteiger partial charge >= 0.3 is 5.97 Å². The van der Waals surface area contributed by atoms with Gasteiger partial charge in [0.15, 0.2) is 0 Å². The van der Waals surface area contributed by atoms with Gasteiger partial charge in [0.25, 0.3) is 0 Å². The van der Waals surface area contributed by atoms with Gasteiger partial charge in [0.1, 0.15) is 0 Å². The molecule has 0 unspecified atom stereocenters. The van der Waals surface area contributed by atoms with Crippen molar-refractivity contribution in [2.75, 3.05) is 18.4 Å². The fourth-order valence-corrected chi connectivity index (χ4v) is 2.00. The molecule has 6 heteroatoms. The zero-order valence-corrected chi connectivity index (χ0v) is 12.3. The number of carbonyl (C=O) groups is 2. The van der Waals surface area contributed by atoms with Crippen LogP contribution in [0.2, 0.25) is 0 Å². The Bertz CT molecular complexity index is 463. The van der Waals surface area contributed by atoms with Crippen molar-refractivity contribution in [1.82, 2.24) is 5.32 Å². The fraction of sp³-hybridized carbons (Fsp3) is 0.385. The first-order valence-electron chi connectivity index (χ1n) is 5.97. The molecule has 1 rings (SSSR count). The Balaban J connectivity index is 2.29. The minimum Gasteiger partial charge on any atom is -0.481 e. The predicted octanol–water partition coefficient (Wildman–Crippen LogP) is 2.15. The minimum absolute atomic E-state index is 0.112. The summed E-state index contributed by atoms with van der Waals surface area (Å²) in [6.07, 6.45) is 0.625. The van der Waals surface area contributed by atoms with Crippen molar-refractivity contribution >= 4 is 33.5 Å². The van der Waals surface area contributed by atoms with Gasteiger partial charge in [-0.05, 0) is 43.7 Å². The van der Waals surface area contributed by atoms with Gasteiger partial charge in [-0.2, -0.15) is 0 Å². The Morgan fingerprint density at radius 3 is 2.74 bits per heavy atom. The van der Waals surface area contributed by atoms with E-state index in [4.69, 9.17) is 5.11 Å². The molecule has 0 atom stereocenters. The van der Waals surface area contributed by atoms with Crippen LogP contribution < -0.4 is 10.6 Å². The molecule has 0 radical (unpaired) electrons. The van der Waals surface area contributed by atoms with E-state index in [-0.39, 0.29) is 18.9 Å². The summed E-state index contributed by atoms with van der Waals surface area (Å²) in [6, 6.07) is 5.63. The SMILES string of the molecule is Cc1cc(Br)ccc1NC(=O)CNCCCC(=O)O. The number of aliphatic carboxylic acids is 1. The van der Waals surface area contributed by atoms with Gasteiger partial charge in [-0.25, -0.2) is 0 Å². The molecule has 0 aliphatic rings. The number of carboxylic acid groups (broad SMARTS) is 1. The standard InChI is InChI=1S/C13H17BrN2O3/c1-9-7-10(14)4-5-11(9)16-12(17)8-15-6-2-3-13(18)19/h4-5,7,15H,2-3,6,8H2,1H3,(H,16,17)(H,18,19). The van der Waals surface area contributed by atoms with Crippen molar-refractivity contribution in [1.29, 1.82) is 0 Å². The third-order valence-electron chi connectivity index (χ3n) is 2.49. The van der Waals surface area contributed by atoms with Gasteiger partial charge in [0, 0.05) is 16.6 Å². The molecule has 5 nitrogen and oxygen atoms in total. The van der Waals surface area contributed by atoms with Crippen molar-refractivity contribution in [3.63, 3.8) is 0 Å². The second kappa shape index (κ2) is 7.91. The highest BCUT2D eigenvalue weighted by atomic mass is 79.9. The molecule has 104 valence electrons. The van der Waals surface area contributed by atoms with Gasteiger partial charge in [-0.3, -0.25) is 9.59 Å². The summed E-state index contributed by atoms with van der Waals surface area (Å²) in [5, 5.41) is 14.2. The molecule has 0 fully saturated rings. The zero-order chi connectivity index (χ0) is 14.3. The van der Waals surface area contributed by atoms with E-state index < -0.39 is 5.97 Å². The van der Waals surface area contributed by atoms with Crippen LogP contribution in [0.4, 0.5) is 5.69 Å². The molecule has 0 heterocycles. The van der Waals surface area contributed by atoms with E-state index in [1.54, 1.807) is 0 Å². The maximum absolute atomic E-state index is 11.6. The van der Waals surface area contributed by atoms with E-state index in [1.807, 2.05) is 25.1 Å². The molecular weight excluding hydrogens is 312 g/mol. The number of rotatable bonds is 7. The first-order valence-corrected chi connectivity index (χ1v) is 6.77. The molecule has 1 aromatic carbocycles. The van der Waals surface area contributed by atoms with Crippen LogP contribution in [0.3, 0.4) is 0 Å². The van der Waals surface area contributed by atoms with Gasteiger partial charge in [0.05, 0.1) is 6.54 Å². The molecule has 0 aliphatic heterocycles. The summed E-state index contributed by atoms with van der Waals surface area (Å²) in [7, 11) is 0. The first kappa shape index (κ1) is 15.7. The van der Waals surface area contributed by atoms with E-state index in [0.29, 0.717) is 13.0 Å². The monoisotopic (exact) mass is 328 g/mol. The van der Waals surface area contributed by atoms with Crippen LogP contribution in [0.1, 0.15) is 18.4 Å². The Hall–Kier alpha value is -1.40. The van der Waals surface area contributed by atoms with Crippen molar-refractivity contribution in [2.45, 2.75) is 19.8 Å². The second-order valence-corrected chi connectivity index (χ2v) is 5.10. The summed E-state index contributed by atoms with van der Waals surface area (Å²) in [5.41, 5.74) is 1.76. The average Bonchev–Trinajstić information content (AvgIpc) is 2.32. The Labute approximate surface area is 120 Å². The molecule has 0 saturated carbocycles. The molecule has 0 saturated heterocycles. The third-order valence-corrected chi connectivity index (χ3v) is 2.99. The van der Waals surface area contributed by atoms with E-state index in [0.717, 1.165) is 15.7 Å². The molecule has 0 aliphatic carbocycles. The lowest BCUT2D eigenvalue weighted by Gasteiger charge is -2.09. The number of hydrogen-bond donors (Lipinski definition) is 3. The van der Waals surface area contributed by atoms with Crippen LogP contribution >= 0.6 is 15.9 Å². The van der Waals surface area contributed by atoms with Crippen LogP contribution in [-0.2, 0) is 9.59 Å². The molecule has 1 amide bonds. The highest BCUT2D eigenvalue weighted by Gasteiger charge is 2.04. The molecule has 0 aromatic heterocycles. The summed E-state index contributed by atoms with van der Waals surface area (Å²) in [6.45, 7) is 2.61. The van der Waals surface area contributed by atoms with Crippen LogP contribution in [0.25, 0.3) is 0 Å². The number of anilines is 1. The molecule has 0 bridgehead atoms. The second-order valence-electron chi connectivity index (χ2n) is 4.18. The summed E-state index contributed by atoms with van der Waals surface area (Å²) >= 11 is 3.36. The van der Waals surface area contributed by atoms with Crippen LogP contribution in [0, 0.1) is 6.92 Å². The van der Waals surface area contributed by atoms with Gasteiger partial charge in [-0.15, -0.1) is 0 Å². The van der Waals surface area contributed by atoms with E-state index in [2.05, 4.69) is 26.6 Å². The number of hydrogen-bond acceptors (Lipinski definition) is 3. The summed E-state index contributed by atoms with van der Waals surface area (Å²) < 4.78 is 0.967. The van der Waals surface area contributed by atoms with Crippen LogP contribution in [0.5, 0.6) is 0 Å². The molecule has 3 N–H and O–H groups in total. The van der Waals surface area contributed by atoms with Gasteiger partial charge in [-0.1, -0.05) is 15.9 Å². The summed E-state index contributed by atoms with van der Waals surface area (Å²) in [5.74, 6) is -0.961. The van der Waals surface area contributed by atoms with Gasteiger partial charge < -0.3 is 15.7 Å². The largest absolute Gasteiger partial charge is 0.481 e. The maximum Gasteiger partial charge on any atom is 0.303 e. The van der Waals surface area contributed by atoms with E-state index >= 15 is 0 Å². The van der Waals surface area contributed by atoms with Crippen molar-refractivity contribution < 1.29 is 14.7 Å². The first-order chi connectivity index (χ1) is 8.99. The Kier molecular flexibility index (Phi) is 6.52. The molecule has 0 spiro atoms. The smallest absolute Gasteiger partial charge is 0.303 e. The van der Waals surface area contributed by atoms with Crippen LogP contribution in [-0.4, -0.2) is 30.1 Å². The fourth-order valence-electron chi connectivity index (χ4n) is 1.53. The normalized spacial score (nSPS) is 10.2. The minimum atomic E-state index is -0.822. The highest BCUT2D eigenvalue weighted by molar-refractivity contribution is 9.10. The Morgan fingerprint density at radius 2 is 2.11 bits per heavy atom. The lowest BCUT2D eigenvalue weighted by atomic mass is 10.2. The quantitative estimate of drug-likeness (QED) is 0.670. The van der Waals surface area contributed by atoms with Crippen molar-refractivity contribution in [2.24, 2.45) is 0 Å². The number of aryl methyl sites for hydroxylation is 1. The van der Waals surface area contributed by atoms with Crippen molar-refractivity contribution in [3.05, 3.63) is 28.2 Å². The molecule has 19 heavy (non-hydrogen) atoms. The van der Waals surface area contributed by atoms with Crippen molar-refractivity contribution in [3.8, 4) is 0 Å². The third kappa shape index (κ3) is 6.35. The summed E-state index contributed by atoms with van der Waals surface area (Å²) in [4.78, 5) is 21.9. The lowest BCUT2D eigenvalue weighted by Crippen LogP contribution is -2.29. The Morgan fingerprint density at radius 1 is 1.37 bits per heavy atom. The zero-order valence-electron chi connectivity index (χ0n) is 10.7. The molecule has 1 aromatic rings. The lowest BCUT2D eigenvalue weighted by molar-refractivity contribution is -0.137.